The molecule has 7 nitrogen and oxygen atoms in total. The summed E-state index contributed by atoms with van der Waals surface area (Å²) in [6.45, 7) is 1.74. The summed E-state index contributed by atoms with van der Waals surface area (Å²) >= 11 is 1.18. The van der Waals surface area contributed by atoms with Crippen LogP contribution in [-0.4, -0.2) is 26.9 Å². The van der Waals surface area contributed by atoms with Crippen LogP contribution in [0, 0.1) is 0 Å². The Balaban J connectivity index is 1.60. The standard InChI is InChI=1S/C22H18N4O3S/c1-15(19-12-7-13-29-19)24-25-20(27)14-30-22-23-18-11-6-5-10-17(18)21(28)26(22)16-8-3-2-4-9-16/h2-13H,14H2,1H3,(H,25,27)/b24-15+. The molecule has 4 rings (SSSR count). The highest BCUT2D eigenvalue weighted by molar-refractivity contribution is 7.99. The Kier molecular flexibility index (Phi) is 5.76. The molecule has 0 radical (unpaired) electrons. The maximum atomic E-state index is 13.1. The highest BCUT2D eigenvalue weighted by Crippen LogP contribution is 2.21. The molecular weight excluding hydrogens is 400 g/mol. The number of aromatic nitrogens is 2. The molecule has 2 heterocycles. The number of hydrogen-bond donors (Lipinski definition) is 1. The maximum absolute atomic E-state index is 13.1. The van der Waals surface area contributed by atoms with Crippen molar-refractivity contribution in [1.82, 2.24) is 15.0 Å². The lowest BCUT2D eigenvalue weighted by molar-refractivity contribution is -0.118. The molecule has 0 unspecified atom stereocenters. The first kappa shape index (κ1) is 19.7. The van der Waals surface area contributed by atoms with Gasteiger partial charge < -0.3 is 4.42 Å². The SMILES string of the molecule is C/C(=N\NC(=O)CSc1nc2ccccc2c(=O)n1-c1ccccc1)c1ccco1. The van der Waals surface area contributed by atoms with Crippen molar-refractivity contribution in [2.24, 2.45) is 5.10 Å². The van der Waals surface area contributed by atoms with Crippen molar-refractivity contribution in [2.75, 3.05) is 5.75 Å². The Morgan fingerprint density at radius 1 is 1.10 bits per heavy atom. The minimum Gasteiger partial charge on any atom is -0.463 e. The van der Waals surface area contributed by atoms with Crippen LogP contribution < -0.4 is 11.0 Å². The second-order valence-electron chi connectivity index (χ2n) is 6.39. The lowest BCUT2D eigenvalue weighted by atomic mass is 10.2. The number of carbonyl (C=O) groups is 1. The molecule has 0 aliphatic rings. The number of hydrogen-bond acceptors (Lipinski definition) is 6. The molecule has 2 aromatic heterocycles. The summed E-state index contributed by atoms with van der Waals surface area (Å²) in [5, 5.41) is 5.01. The van der Waals surface area contributed by atoms with Crippen LogP contribution in [0.5, 0.6) is 0 Å². The Bertz CT molecular complexity index is 1260. The van der Waals surface area contributed by atoms with Crippen molar-refractivity contribution in [3.8, 4) is 5.69 Å². The lowest BCUT2D eigenvalue weighted by Gasteiger charge is -2.12. The largest absolute Gasteiger partial charge is 0.463 e. The first-order valence-corrected chi connectivity index (χ1v) is 10.2. The molecule has 30 heavy (non-hydrogen) atoms. The van der Waals surface area contributed by atoms with Crippen LogP contribution in [0.2, 0.25) is 0 Å². The fraction of sp³-hybridized carbons (Fsp3) is 0.0909. The fourth-order valence-corrected chi connectivity index (χ4v) is 3.67. The van der Waals surface area contributed by atoms with E-state index >= 15 is 0 Å². The van der Waals surface area contributed by atoms with Crippen LogP contribution in [0.1, 0.15) is 12.7 Å². The second-order valence-corrected chi connectivity index (χ2v) is 7.33. The Morgan fingerprint density at radius 2 is 1.87 bits per heavy atom. The van der Waals surface area contributed by atoms with Gasteiger partial charge in [-0.15, -0.1) is 0 Å². The third-order valence-corrected chi connectivity index (χ3v) is 5.26. The molecule has 0 saturated heterocycles. The highest BCUT2D eigenvalue weighted by atomic mass is 32.2. The average Bonchev–Trinajstić information content (AvgIpc) is 3.32. The van der Waals surface area contributed by atoms with Gasteiger partial charge in [-0.25, -0.2) is 10.4 Å². The van der Waals surface area contributed by atoms with Crippen LogP contribution in [0.25, 0.3) is 16.6 Å². The zero-order chi connectivity index (χ0) is 20.9. The molecular formula is C22H18N4O3S. The topological polar surface area (TPSA) is 89.5 Å². The predicted molar refractivity (Wildman–Crippen MR) is 117 cm³/mol. The van der Waals surface area contributed by atoms with Crippen molar-refractivity contribution in [3.63, 3.8) is 0 Å². The van der Waals surface area contributed by atoms with Gasteiger partial charge in [-0.05, 0) is 43.3 Å². The van der Waals surface area contributed by atoms with Gasteiger partial charge in [0.15, 0.2) is 5.16 Å². The maximum Gasteiger partial charge on any atom is 0.266 e. The normalized spacial score (nSPS) is 11.6. The van der Waals surface area contributed by atoms with Crippen LogP contribution in [0.3, 0.4) is 0 Å². The van der Waals surface area contributed by atoms with E-state index in [2.05, 4.69) is 15.5 Å². The third-order valence-electron chi connectivity index (χ3n) is 4.32. The average molecular weight is 418 g/mol. The predicted octanol–water partition coefficient (Wildman–Crippen LogP) is 3.61. The minimum atomic E-state index is -0.312. The Morgan fingerprint density at radius 3 is 2.63 bits per heavy atom. The molecule has 4 aromatic rings. The fourth-order valence-electron chi connectivity index (χ4n) is 2.86. The molecule has 1 N–H and O–H groups in total. The Labute approximate surface area is 176 Å². The quantitative estimate of drug-likeness (QED) is 0.224. The van der Waals surface area contributed by atoms with E-state index in [9.17, 15) is 9.59 Å². The van der Waals surface area contributed by atoms with Crippen LogP contribution in [-0.2, 0) is 4.79 Å². The molecule has 0 atom stereocenters. The summed E-state index contributed by atoms with van der Waals surface area (Å²) in [4.78, 5) is 30.0. The van der Waals surface area contributed by atoms with Gasteiger partial charge in [0.1, 0.15) is 11.5 Å². The molecule has 0 spiro atoms. The van der Waals surface area contributed by atoms with Crippen molar-refractivity contribution in [1.29, 1.82) is 0 Å². The van der Waals surface area contributed by atoms with E-state index in [0.29, 0.717) is 33.2 Å². The van der Waals surface area contributed by atoms with E-state index in [0.717, 1.165) is 0 Å². The number of rotatable bonds is 6. The summed E-state index contributed by atoms with van der Waals surface area (Å²) in [5.74, 6) is 0.317. The number of benzene rings is 2. The number of amides is 1. The van der Waals surface area contributed by atoms with E-state index in [-0.39, 0.29) is 17.2 Å². The summed E-state index contributed by atoms with van der Waals surface area (Å²) < 4.78 is 6.77. The van der Waals surface area contributed by atoms with Gasteiger partial charge in [-0.2, -0.15) is 5.10 Å². The molecule has 150 valence electrons. The first-order valence-electron chi connectivity index (χ1n) is 9.20. The third kappa shape index (κ3) is 4.18. The van der Waals surface area contributed by atoms with Gasteiger partial charge >= 0.3 is 0 Å². The Hall–Kier alpha value is -3.65. The number of hydrazone groups is 1. The van der Waals surface area contributed by atoms with Gasteiger partial charge in [0, 0.05) is 0 Å². The first-order chi connectivity index (χ1) is 14.6. The number of fused-ring (bicyclic) bond motifs is 1. The molecule has 2 aromatic carbocycles. The number of carbonyl (C=O) groups excluding carboxylic acids is 1. The van der Waals surface area contributed by atoms with Gasteiger partial charge in [-0.1, -0.05) is 42.1 Å². The molecule has 1 amide bonds. The second kappa shape index (κ2) is 8.79. The zero-order valence-electron chi connectivity index (χ0n) is 16.1. The van der Waals surface area contributed by atoms with Crippen molar-refractivity contribution >= 4 is 34.3 Å². The monoisotopic (exact) mass is 418 g/mol. The summed E-state index contributed by atoms with van der Waals surface area (Å²) in [6, 6.07) is 19.9. The number of furan rings is 1. The van der Waals surface area contributed by atoms with Gasteiger partial charge in [0.05, 0.1) is 28.6 Å². The van der Waals surface area contributed by atoms with Gasteiger partial charge in [0.25, 0.3) is 11.5 Å². The van der Waals surface area contributed by atoms with Gasteiger partial charge in [-0.3, -0.25) is 14.2 Å². The molecule has 0 aliphatic heterocycles. The van der Waals surface area contributed by atoms with Crippen molar-refractivity contribution < 1.29 is 9.21 Å². The van der Waals surface area contributed by atoms with Crippen molar-refractivity contribution in [2.45, 2.75) is 12.1 Å². The summed E-state index contributed by atoms with van der Waals surface area (Å²) in [5.41, 5.74) is 4.16. The molecule has 0 bridgehead atoms. The number of nitrogens with one attached hydrogen (secondary N) is 1. The summed E-state index contributed by atoms with van der Waals surface area (Å²) in [7, 11) is 0. The molecule has 0 fully saturated rings. The molecule has 0 aliphatic carbocycles. The van der Waals surface area contributed by atoms with E-state index in [1.807, 2.05) is 36.4 Å². The van der Waals surface area contributed by atoms with Crippen molar-refractivity contribution in [3.05, 3.63) is 89.1 Å². The van der Waals surface area contributed by atoms with E-state index in [4.69, 9.17) is 4.42 Å². The van der Waals surface area contributed by atoms with Gasteiger partial charge in [0.2, 0.25) is 0 Å². The van der Waals surface area contributed by atoms with Crippen LogP contribution in [0.4, 0.5) is 0 Å². The lowest BCUT2D eigenvalue weighted by Crippen LogP contribution is -2.24. The van der Waals surface area contributed by atoms with E-state index in [1.165, 1.54) is 16.3 Å². The summed E-state index contributed by atoms with van der Waals surface area (Å²) in [6.07, 6.45) is 1.54. The molecule has 8 heteroatoms. The van der Waals surface area contributed by atoms with Crippen LogP contribution in [0.15, 0.2) is 92.5 Å². The van der Waals surface area contributed by atoms with E-state index in [1.54, 1.807) is 43.5 Å². The number of thioether (sulfide) groups is 1. The molecule has 0 saturated carbocycles. The van der Waals surface area contributed by atoms with Crippen LogP contribution >= 0.6 is 11.8 Å². The number of para-hydroxylation sites is 2. The zero-order valence-corrected chi connectivity index (χ0v) is 16.9. The number of nitrogens with zero attached hydrogens (tertiary/aromatic N) is 3. The minimum absolute atomic E-state index is 0.0482. The van der Waals surface area contributed by atoms with E-state index < -0.39 is 0 Å². The smallest absolute Gasteiger partial charge is 0.266 e. The highest BCUT2D eigenvalue weighted by Gasteiger charge is 2.14.